The van der Waals surface area contributed by atoms with Crippen molar-refractivity contribution in [2.24, 2.45) is 17.3 Å². The van der Waals surface area contributed by atoms with Crippen LogP contribution >= 0.6 is 0 Å². The standard InChI is InChI=1S/C13H28O/c1-10(8-9-13(6,7)14)11(2)12(3,4)5/h10-11,14H,8-9H2,1-7H3/t10-,11+/m0/s1. The monoisotopic (exact) mass is 200 g/mol. The molecule has 0 aliphatic carbocycles. The second-order valence-electron chi connectivity index (χ2n) is 6.48. The van der Waals surface area contributed by atoms with Crippen molar-refractivity contribution in [3.8, 4) is 0 Å². The van der Waals surface area contributed by atoms with Crippen LogP contribution in [0.15, 0.2) is 0 Å². The van der Waals surface area contributed by atoms with Gasteiger partial charge in [-0.3, -0.25) is 0 Å². The van der Waals surface area contributed by atoms with Crippen LogP contribution in [0, 0.1) is 17.3 Å². The van der Waals surface area contributed by atoms with Crippen molar-refractivity contribution in [1.82, 2.24) is 0 Å². The highest BCUT2D eigenvalue weighted by molar-refractivity contribution is 4.76. The average Bonchev–Trinajstić information content (AvgIpc) is 1.95. The summed E-state index contributed by atoms with van der Waals surface area (Å²) in [6.07, 6.45) is 2.01. The number of hydrogen-bond donors (Lipinski definition) is 1. The van der Waals surface area contributed by atoms with Gasteiger partial charge in [0.05, 0.1) is 5.60 Å². The highest BCUT2D eigenvalue weighted by atomic mass is 16.3. The van der Waals surface area contributed by atoms with E-state index in [9.17, 15) is 5.11 Å². The Bertz CT molecular complexity index is 159. The molecule has 0 aromatic carbocycles. The van der Waals surface area contributed by atoms with E-state index < -0.39 is 5.60 Å². The molecular formula is C13H28O. The van der Waals surface area contributed by atoms with Crippen molar-refractivity contribution < 1.29 is 5.11 Å². The zero-order valence-electron chi connectivity index (χ0n) is 11.0. The summed E-state index contributed by atoms with van der Waals surface area (Å²) in [5.74, 6) is 1.38. The van der Waals surface area contributed by atoms with Gasteiger partial charge in [-0.15, -0.1) is 0 Å². The van der Waals surface area contributed by atoms with E-state index in [1.807, 2.05) is 13.8 Å². The summed E-state index contributed by atoms with van der Waals surface area (Å²) in [5.41, 5.74) is -0.134. The predicted octanol–water partition coefficient (Wildman–Crippen LogP) is 3.86. The molecule has 0 saturated carbocycles. The van der Waals surface area contributed by atoms with Crippen molar-refractivity contribution in [1.29, 1.82) is 0 Å². The summed E-state index contributed by atoms with van der Waals surface area (Å²) in [7, 11) is 0. The predicted molar refractivity (Wildman–Crippen MR) is 63.3 cm³/mol. The summed E-state index contributed by atoms with van der Waals surface area (Å²) < 4.78 is 0. The molecule has 0 aromatic rings. The van der Waals surface area contributed by atoms with Gasteiger partial charge in [-0.05, 0) is 43.9 Å². The molecule has 1 heteroatoms. The molecule has 0 aromatic heterocycles. The Morgan fingerprint density at radius 2 is 1.43 bits per heavy atom. The minimum Gasteiger partial charge on any atom is -0.390 e. The minimum atomic E-state index is -0.508. The first-order valence-electron chi connectivity index (χ1n) is 5.76. The van der Waals surface area contributed by atoms with Crippen LogP contribution in [0.1, 0.15) is 61.3 Å². The van der Waals surface area contributed by atoms with Crippen LogP contribution in [-0.2, 0) is 0 Å². The zero-order chi connectivity index (χ0) is 11.6. The number of hydrogen-bond acceptors (Lipinski definition) is 1. The molecule has 1 nitrogen and oxygen atoms in total. The number of aliphatic hydroxyl groups is 1. The molecule has 0 heterocycles. The maximum absolute atomic E-state index is 9.65. The first-order chi connectivity index (χ1) is 6.04. The molecule has 0 amide bonds. The minimum absolute atomic E-state index is 0.374. The lowest BCUT2D eigenvalue weighted by Crippen LogP contribution is -2.26. The molecule has 0 unspecified atom stereocenters. The maximum Gasteiger partial charge on any atom is 0.0591 e. The molecule has 0 fully saturated rings. The van der Waals surface area contributed by atoms with Crippen LogP contribution in [0.2, 0.25) is 0 Å². The van der Waals surface area contributed by atoms with Crippen molar-refractivity contribution in [3.63, 3.8) is 0 Å². The van der Waals surface area contributed by atoms with Gasteiger partial charge in [-0.1, -0.05) is 34.6 Å². The van der Waals surface area contributed by atoms with E-state index in [4.69, 9.17) is 0 Å². The molecule has 86 valence electrons. The van der Waals surface area contributed by atoms with Gasteiger partial charge in [-0.2, -0.15) is 0 Å². The van der Waals surface area contributed by atoms with E-state index >= 15 is 0 Å². The van der Waals surface area contributed by atoms with Crippen molar-refractivity contribution in [3.05, 3.63) is 0 Å². The summed E-state index contributed by atoms with van der Waals surface area (Å²) in [6, 6.07) is 0. The van der Waals surface area contributed by atoms with Gasteiger partial charge < -0.3 is 5.11 Å². The van der Waals surface area contributed by atoms with Gasteiger partial charge in [0.25, 0.3) is 0 Å². The lowest BCUT2D eigenvalue weighted by Gasteiger charge is -2.33. The lowest BCUT2D eigenvalue weighted by molar-refractivity contribution is 0.0556. The lowest BCUT2D eigenvalue weighted by atomic mass is 9.73. The molecule has 2 atom stereocenters. The quantitative estimate of drug-likeness (QED) is 0.730. The normalized spacial score (nSPS) is 18.0. The van der Waals surface area contributed by atoms with Gasteiger partial charge >= 0.3 is 0 Å². The van der Waals surface area contributed by atoms with Crippen LogP contribution in [0.25, 0.3) is 0 Å². The number of rotatable bonds is 4. The van der Waals surface area contributed by atoms with E-state index in [-0.39, 0.29) is 0 Å². The Morgan fingerprint density at radius 3 is 1.71 bits per heavy atom. The van der Waals surface area contributed by atoms with Gasteiger partial charge in [0.2, 0.25) is 0 Å². The van der Waals surface area contributed by atoms with Gasteiger partial charge in [0, 0.05) is 0 Å². The van der Waals surface area contributed by atoms with Crippen LogP contribution in [0.5, 0.6) is 0 Å². The molecule has 0 saturated heterocycles. The first kappa shape index (κ1) is 14.0. The topological polar surface area (TPSA) is 20.2 Å². The Kier molecular flexibility index (Phi) is 4.64. The third-order valence-corrected chi connectivity index (χ3v) is 3.43. The summed E-state index contributed by atoms with van der Waals surface area (Å²) >= 11 is 0. The van der Waals surface area contributed by atoms with Gasteiger partial charge in [0.1, 0.15) is 0 Å². The zero-order valence-corrected chi connectivity index (χ0v) is 11.0. The van der Waals surface area contributed by atoms with Crippen LogP contribution in [0.4, 0.5) is 0 Å². The average molecular weight is 200 g/mol. The van der Waals surface area contributed by atoms with Gasteiger partial charge in [0.15, 0.2) is 0 Å². The Hall–Kier alpha value is -0.0400. The molecule has 1 N–H and O–H groups in total. The largest absolute Gasteiger partial charge is 0.390 e. The highest BCUT2D eigenvalue weighted by Gasteiger charge is 2.26. The molecule has 0 rings (SSSR count). The molecule has 0 radical (unpaired) electrons. The maximum atomic E-state index is 9.65. The van der Waals surface area contributed by atoms with E-state index in [0.717, 1.165) is 12.8 Å². The third-order valence-electron chi connectivity index (χ3n) is 3.43. The second-order valence-corrected chi connectivity index (χ2v) is 6.48. The van der Waals surface area contributed by atoms with E-state index in [2.05, 4.69) is 34.6 Å². The Labute approximate surface area is 89.9 Å². The Morgan fingerprint density at radius 1 is 1.00 bits per heavy atom. The second kappa shape index (κ2) is 4.65. The van der Waals surface area contributed by atoms with E-state index in [1.54, 1.807) is 0 Å². The Balaban J connectivity index is 4.03. The molecule has 0 aliphatic heterocycles. The summed E-state index contributed by atoms with van der Waals surface area (Å²) in [4.78, 5) is 0. The molecule has 0 aliphatic rings. The van der Waals surface area contributed by atoms with Crippen molar-refractivity contribution in [2.45, 2.75) is 66.9 Å². The van der Waals surface area contributed by atoms with Crippen LogP contribution < -0.4 is 0 Å². The van der Waals surface area contributed by atoms with Crippen molar-refractivity contribution in [2.75, 3.05) is 0 Å². The van der Waals surface area contributed by atoms with Gasteiger partial charge in [-0.25, -0.2) is 0 Å². The summed E-state index contributed by atoms with van der Waals surface area (Å²) in [5, 5.41) is 9.65. The first-order valence-corrected chi connectivity index (χ1v) is 5.76. The SMILES string of the molecule is C[C@H]([C@@H](C)CCC(C)(C)O)C(C)(C)C. The van der Waals surface area contributed by atoms with Crippen LogP contribution in [0.3, 0.4) is 0 Å². The molecule has 0 bridgehead atoms. The third kappa shape index (κ3) is 5.64. The summed E-state index contributed by atoms with van der Waals surface area (Å²) in [6.45, 7) is 15.3. The fourth-order valence-corrected chi connectivity index (χ4v) is 1.68. The van der Waals surface area contributed by atoms with E-state index in [1.165, 1.54) is 0 Å². The van der Waals surface area contributed by atoms with Crippen LogP contribution in [-0.4, -0.2) is 10.7 Å². The fourth-order valence-electron chi connectivity index (χ4n) is 1.68. The van der Waals surface area contributed by atoms with Crippen molar-refractivity contribution >= 4 is 0 Å². The molecular weight excluding hydrogens is 172 g/mol. The molecule has 0 spiro atoms. The highest BCUT2D eigenvalue weighted by Crippen LogP contribution is 2.34. The van der Waals surface area contributed by atoms with E-state index in [0.29, 0.717) is 17.3 Å². The fraction of sp³-hybridized carbons (Fsp3) is 1.00. The smallest absolute Gasteiger partial charge is 0.0591 e. The molecule has 14 heavy (non-hydrogen) atoms.